The van der Waals surface area contributed by atoms with Gasteiger partial charge in [-0.05, 0) is 35.6 Å². The summed E-state index contributed by atoms with van der Waals surface area (Å²) in [5.74, 6) is -0.801. The molecule has 5 nitrogen and oxygen atoms in total. The van der Waals surface area contributed by atoms with Gasteiger partial charge >= 0.3 is 5.97 Å². The van der Waals surface area contributed by atoms with Crippen molar-refractivity contribution in [3.63, 3.8) is 0 Å². The summed E-state index contributed by atoms with van der Waals surface area (Å²) in [5.41, 5.74) is 2.61. The molecule has 120 valence electrons. The van der Waals surface area contributed by atoms with Gasteiger partial charge in [0.15, 0.2) is 0 Å². The van der Waals surface area contributed by atoms with Crippen LogP contribution in [-0.2, 0) is 11.2 Å². The summed E-state index contributed by atoms with van der Waals surface area (Å²) in [6, 6.07) is 8.63. The van der Waals surface area contributed by atoms with Crippen molar-refractivity contribution >= 4 is 17.6 Å². The van der Waals surface area contributed by atoms with Gasteiger partial charge in [-0.2, -0.15) is 0 Å². The van der Waals surface area contributed by atoms with Crippen LogP contribution in [0.2, 0.25) is 0 Å². The van der Waals surface area contributed by atoms with E-state index in [1.54, 1.807) is 36.7 Å². The second-order valence-electron chi connectivity index (χ2n) is 5.67. The number of anilines is 1. The smallest absolute Gasteiger partial charge is 0.335 e. The topological polar surface area (TPSA) is 79.3 Å². The molecule has 2 aromatic rings. The fourth-order valence-corrected chi connectivity index (χ4v) is 2.26. The third-order valence-corrected chi connectivity index (χ3v) is 3.58. The molecule has 2 N–H and O–H groups in total. The van der Waals surface area contributed by atoms with E-state index in [-0.39, 0.29) is 17.9 Å². The van der Waals surface area contributed by atoms with E-state index >= 15 is 0 Å². The summed E-state index contributed by atoms with van der Waals surface area (Å²) >= 11 is 0. The second-order valence-corrected chi connectivity index (χ2v) is 5.67. The van der Waals surface area contributed by atoms with Crippen LogP contribution in [0.15, 0.2) is 42.7 Å². The number of aromatic nitrogens is 1. The maximum absolute atomic E-state index is 12.1. The Labute approximate surface area is 135 Å². The minimum Gasteiger partial charge on any atom is -0.478 e. The molecule has 0 radical (unpaired) electrons. The lowest BCUT2D eigenvalue weighted by Gasteiger charge is -2.09. The molecule has 0 spiro atoms. The van der Waals surface area contributed by atoms with Crippen LogP contribution < -0.4 is 5.32 Å². The Morgan fingerprint density at radius 1 is 1.22 bits per heavy atom. The van der Waals surface area contributed by atoms with Crippen molar-refractivity contribution in [2.75, 3.05) is 5.32 Å². The molecule has 0 aliphatic heterocycles. The maximum Gasteiger partial charge on any atom is 0.335 e. The SMILES string of the molecule is CC(C)c1cncc(NC(=O)CCc2ccccc2C(=O)O)c1. The van der Waals surface area contributed by atoms with Crippen LogP contribution in [0.1, 0.15) is 47.7 Å². The molecule has 0 bridgehead atoms. The number of rotatable bonds is 6. The van der Waals surface area contributed by atoms with Gasteiger partial charge in [-0.1, -0.05) is 32.0 Å². The van der Waals surface area contributed by atoms with E-state index in [9.17, 15) is 9.59 Å². The van der Waals surface area contributed by atoms with Gasteiger partial charge < -0.3 is 10.4 Å². The fourth-order valence-electron chi connectivity index (χ4n) is 2.26. The van der Waals surface area contributed by atoms with Gasteiger partial charge in [0.1, 0.15) is 0 Å². The van der Waals surface area contributed by atoms with E-state index in [0.717, 1.165) is 5.56 Å². The van der Waals surface area contributed by atoms with Crippen molar-refractivity contribution in [3.8, 4) is 0 Å². The number of carboxylic acid groups (broad SMARTS) is 1. The van der Waals surface area contributed by atoms with Crippen LogP contribution in [-0.4, -0.2) is 22.0 Å². The zero-order valence-corrected chi connectivity index (χ0v) is 13.2. The Hall–Kier alpha value is -2.69. The molecule has 2 rings (SSSR count). The lowest BCUT2D eigenvalue weighted by atomic mass is 10.0. The largest absolute Gasteiger partial charge is 0.478 e. The molecule has 0 unspecified atom stereocenters. The van der Waals surface area contributed by atoms with Crippen molar-refractivity contribution in [2.45, 2.75) is 32.6 Å². The zero-order valence-electron chi connectivity index (χ0n) is 13.2. The van der Waals surface area contributed by atoms with Crippen molar-refractivity contribution in [3.05, 3.63) is 59.4 Å². The molecule has 1 amide bonds. The van der Waals surface area contributed by atoms with Crippen molar-refractivity contribution in [1.82, 2.24) is 4.98 Å². The predicted molar refractivity (Wildman–Crippen MR) is 88.7 cm³/mol. The first-order valence-corrected chi connectivity index (χ1v) is 7.53. The van der Waals surface area contributed by atoms with E-state index < -0.39 is 5.97 Å². The lowest BCUT2D eigenvalue weighted by Crippen LogP contribution is -2.14. The summed E-state index contributed by atoms with van der Waals surface area (Å²) in [7, 11) is 0. The van der Waals surface area contributed by atoms with Crippen LogP contribution in [0.3, 0.4) is 0 Å². The van der Waals surface area contributed by atoms with Gasteiger partial charge in [-0.15, -0.1) is 0 Å². The lowest BCUT2D eigenvalue weighted by molar-refractivity contribution is -0.116. The average Bonchev–Trinajstić information content (AvgIpc) is 2.53. The molecule has 1 aromatic heterocycles. The Bertz CT molecular complexity index is 711. The van der Waals surface area contributed by atoms with Crippen molar-refractivity contribution in [2.24, 2.45) is 0 Å². The highest BCUT2D eigenvalue weighted by Crippen LogP contribution is 2.17. The molecular weight excluding hydrogens is 292 g/mol. The Morgan fingerprint density at radius 3 is 2.65 bits per heavy atom. The predicted octanol–water partition coefficient (Wildman–Crippen LogP) is 3.47. The van der Waals surface area contributed by atoms with E-state index in [1.807, 2.05) is 6.07 Å². The number of nitrogens with zero attached hydrogens (tertiary/aromatic N) is 1. The molecule has 0 aliphatic rings. The van der Waals surface area contributed by atoms with Gasteiger partial charge in [-0.25, -0.2) is 4.79 Å². The van der Waals surface area contributed by atoms with Gasteiger partial charge in [0.05, 0.1) is 17.4 Å². The first kappa shape index (κ1) is 16.7. The highest BCUT2D eigenvalue weighted by atomic mass is 16.4. The van der Waals surface area contributed by atoms with E-state index in [0.29, 0.717) is 23.6 Å². The number of pyridine rings is 1. The molecular formula is C18H20N2O3. The monoisotopic (exact) mass is 312 g/mol. The van der Waals surface area contributed by atoms with Gasteiger partial charge in [0, 0.05) is 12.6 Å². The number of benzene rings is 1. The zero-order chi connectivity index (χ0) is 16.8. The Morgan fingerprint density at radius 2 is 1.96 bits per heavy atom. The molecule has 0 atom stereocenters. The molecule has 0 saturated heterocycles. The van der Waals surface area contributed by atoms with Crippen LogP contribution in [0, 0.1) is 0 Å². The highest BCUT2D eigenvalue weighted by Gasteiger charge is 2.11. The minimum absolute atomic E-state index is 0.159. The number of nitrogens with one attached hydrogen (secondary N) is 1. The number of hydrogen-bond acceptors (Lipinski definition) is 3. The number of amides is 1. The molecule has 0 fully saturated rings. The quantitative estimate of drug-likeness (QED) is 0.856. The number of carbonyl (C=O) groups excluding carboxylic acids is 1. The first-order valence-electron chi connectivity index (χ1n) is 7.53. The van der Waals surface area contributed by atoms with Crippen molar-refractivity contribution in [1.29, 1.82) is 0 Å². The van der Waals surface area contributed by atoms with Crippen LogP contribution in [0.5, 0.6) is 0 Å². The van der Waals surface area contributed by atoms with Crippen molar-refractivity contribution < 1.29 is 14.7 Å². The Balaban J connectivity index is 1.98. The van der Waals surface area contributed by atoms with Gasteiger partial charge in [-0.3, -0.25) is 9.78 Å². The van der Waals surface area contributed by atoms with Gasteiger partial charge in [0.2, 0.25) is 5.91 Å². The molecule has 5 heteroatoms. The number of aromatic carboxylic acids is 1. The minimum atomic E-state index is -0.977. The summed E-state index contributed by atoms with van der Waals surface area (Å²) in [6.45, 7) is 4.12. The summed E-state index contributed by atoms with van der Waals surface area (Å²) in [4.78, 5) is 27.3. The number of hydrogen-bond donors (Lipinski definition) is 2. The molecule has 0 saturated carbocycles. The molecule has 1 aromatic carbocycles. The number of aryl methyl sites for hydroxylation is 1. The average molecular weight is 312 g/mol. The van der Waals surface area contributed by atoms with E-state index in [4.69, 9.17) is 5.11 Å². The second kappa shape index (κ2) is 7.54. The number of carboxylic acids is 1. The fraction of sp³-hybridized carbons (Fsp3) is 0.278. The number of carbonyl (C=O) groups is 2. The first-order chi connectivity index (χ1) is 11.0. The summed E-state index contributed by atoms with van der Waals surface area (Å²) in [6.07, 6.45) is 3.99. The highest BCUT2D eigenvalue weighted by molar-refractivity contribution is 5.92. The van der Waals surface area contributed by atoms with E-state index in [2.05, 4.69) is 24.1 Å². The van der Waals surface area contributed by atoms with Crippen LogP contribution in [0.25, 0.3) is 0 Å². The summed E-state index contributed by atoms with van der Waals surface area (Å²) in [5, 5.41) is 11.9. The summed E-state index contributed by atoms with van der Waals surface area (Å²) < 4.78 is 0. The molecule has 0 aliphatic carbocycles. The Kier molecular flexibility index (Phi) is 5.46. The van der Waals surface area contributed by atoms with Crippen LogP contribution >= 0.6 is 0 Å². The third-order valence-electron chi connectivity index (χ3n) is 3.58. The van der Waals surface area contributed by atoms with E-state index in [1.165, 1.54) is 0 Å². The normalized spacial score (nSPS) is 10.6. The molecule has 23 heavy (non-hydrogen) atoms. The third kappa shape index (κ3) is 4.64. The maximum atomic E-state index is 12.1. The molecule has 1 heterocycles. The van der Waals surface area contributed by atoms with Crippen LogP contribution in [0.4, 0.5) is 5.69 Å². The standard InChI is InChI=1S/C18H20N2O3/c1-12(2)14-9-15(11-19-10-14)20-17(21)8-7-13-5-3-4-6-16(13)18(22)23/h3-6,9-12H,7-8H2,1-2H3,(H,20,21)(H,22,23). The van der Waals surface area contributed by atoms with Gasteiger partial charge in [0.25, 0.3) is 0 Å².